The molecular formula is C29H27N5O2S. The van der Waals surface area contributed by atoms with Gasteiger partial charge in [-0.1, -0.05) is 73.1 Å². The highest BCUT2D eigenvalue weighted by atomic mass is 32.1. The van der Waals surface area contributed by atoms with Crippen LogP contribution in [0.1, 0.15) is 37.7 Å². The fourth-order valence-corrected chi connectivity index (χ4v) is 5.80. The quantitative estimate of drug-likeness (QED) is 0.296. The van der Waals surface area contributed by atoms with Crippen molar-refractivity contribution in [3.8, 4) is 11.1 Å². The predicted molar refractivity (Wildman–Crippen MR) is 149 cm³/mol. The van der Waals surface area contributed by atoms with Gasteiger partial charge in [-0.15, -0.1) is 0 Å². The van der Waals surface area contributed by atoms with E-state index in [-0.39, 0.29) is 17.6 Å². The summed E-state index contributed by atoms with van der Waals surface area (Å²) in [5.74, 6) is 0. The molecule has 1 aliphatic rings. The number of carbonyl (C=O) groups excluding carboxylic acids is 1. The Morgan fingerprint density at radius 2 is 1.73 bits per heavy atom. The Morgan fingerprint density at radius 1 is 0.946 bits per heavy atom. The predicted octanol–water partition coefficient (Wildman–Crippen LogP) is 6.18. The summed E-state index contributed by atoms with van der Waals surface area (Å²) < 4.78 is 2.63. The molecule has 0 atom stereocenters. The molecule has 5 aromatic rings. The lowest BCUT2D eigenvalue weighted by molar-refractivity contribution is 0.244. The van der Waals surface area contributed by atoms with Crippen LogP contribution in [0.2, 0.25) is 0 Å². The van der Waals surface area contributed by atoms with Crippen molar-refractivity contribution < 1.29 is 4.79 Å². The number of hydrogen-bond acceptors (Lipinski definition) is 5. The van der Waals surface area contributed by atoms with Gasteiger partial charge in [0.05, 0.1) is 34.0 Å². The van der Waals surface area contributed by atoms with E-state index in [9.17, 15) is 9.59 Å². The fourth-order valence-electron chi connectivity index (χ4n) is 4.96. The van der Waals surface area contributed by atoms with Crippen LogP contribution >= 0.6 is 11.3 Å². The highest BCUT2D eigenvalue weighted by molar-refractivity contribution is 7.22. The zero-order valence-corrected chi connectivity index (χ0v) is 21.1. The second kappa shape index (κ2) is 10.1. The van der Waals surface area contributed by atoms with Gasteiger partial charge in [0.25, 0.3) is 5.56 Å². The molecule has 2 heterocycles. The first-order chi connectivity index (χ1) is 18.1. The minimum atomic E-state index is -0.194. The number of anilines is 1. The van der Waals surface area contributed by atoms with Crippen LogP contribution in [0, 0.1) is 0 Å². The zero-order valence-electron chi connectivity index (χ0n) is 20.3. The summed E-state index contributed by atoms with van der Waals surface area (Å²) in [6, 6.07) is 21.7. The summed E-state index contributed by atoms with van der Waals surface area (Å²) in [6.07, 6.45) is 7.26. The van der Waals surface area contributed by atoms with Crippen molar-refractivity contribution in [2.24, 2.45) is 0 Å². The Balaban J connectivity index is 1.25. The first-order valence-electron chi connectivity index (χ1n) is 12.6. The number of nitrogens with zero attached hydrogens (tertiary/aromatic N) is 3. The van der Waals surface area contributed by atoms with Crippen LogP contribution in [0.5, 0.6) is 0 Å². The van der Waals surface area contributed by atoms with Gasteiger partial charge in [-0.3, -0.25) is 14.7 Å². The average molecular weight is 510 g/mol. The van der Waals surface area contributed by atoms with E-state index in [4.69, 9.17) is 0 Å². The molecule has 6 rings (SSSR count). The molecule has 0 spiro atoms. The maximum atomic E-state index is 13.2. The molecule has 7 nitrogen and oxygen atoms in total. The van der Waals surface area contributed by atoms with E-state index >= 15 is 0 Å². The second-order valence-electron chi connectivity index (χ2n) is 9.53. The van der Waals surface area contributed by atoms with Gasteiger partial charge in [-0.25, -0.2) is 14.8 Å². The molecule has 2 aromatic heterocycles. The number of nitrogens with one attached hydrogen (secondary N) is 2. The summed E-state index contributed by atoms with van der Waals surface area (Å²) in [7, 11) is 0. The normalized spacial score (nSPS) is 14.2. The van der Waals surface area contributed by atoms with Gasteiger partial charge in [0.15, 0.2) is 5.13 Å². The van der Waals surface area contributed by atoms with Gasteiger partial charge in [-0.05, 0) is 53.8 Å². The lowest BCUT2D eigenvalue weighted by Crippen LogP contribution is -2.38. The third kappa shape index (κ3) is 5.11. The van der Waals surface area contributed by atoms with Crippen LogP contribution in [-0.4, -0.2) is 26.6 Å². The molecule has 186 valence electrons. The molecule has 2 amide bonds. The van der Waals surface area contributed by atoms with E-state index in [0.717, 1.165) is 39.7 Å². The fraction of sp³-hybridized carbons (Fsp3) is 0.241. The highest BCUT2D eigenvalue weighted by Gasteiger charge is 2.17. The van der Waals surface area contributed by atoms with Crippen molar-refractivity contribution in [2.75, 3.05) is 5.32 Å². The summed E-state index contributed by atoms with van der Waals surface area (Å²) in [4.78, 5) is 34.8. The molecule has 0 bridgehead atoms. The number of rotatable bonds is 5. The van der Waals surface area contributed by atoms with E-state index in [1.165, 1.54) is 30.6 Å². The van der Waals surface area contributed by atoms with E-state index in [1.54, 1.807) is 10.9 Å². The van der Waals surface area contributed by atoms with Gasteiger partial charge in [0.1, 0.15) is 0 Å². The van der Waals surface area contributed by atoms with Crippen molar-refractivity contribution in [3.63, 3.8) is 0 Å². The molecule has 1 saturated carbocycles. The minimum absolute atomic E-state index is 0.0686. The highest BCUT2D eigenvalue weighted by Crippen LogP contribution is 2.31. The van der Waals surface area contributed by atoms with E-state index in [2.05, 4.69) is 20.6 Å². The van der Waals surface area contributed by atoms with Crippen molar-refractivity contribution in [3.05, 3.63) is 89.0 Å². The zero-order chi connectivity index (χ0) is 25.2. The number of thiazole rings is 1. The SMILES string of the molecule is O=C(Nc1nc2cc(-c3ccc4ncn(Cc5ccccc5)c(=O)c4c3)ccc2s1)NC1CCCCC1. The van der Waals surface area contributed by atoms with Crippen molar-refractivity contribution >= 4 is 43.6 Å². The Labute approximate surface area is 218 Å². The topological polar surface area (TPSA) is 88.9 Å². The summed E-state index contributed by atoms with van der Waals surface area (Å²) >= 11 is 1.45. The smallest absolute Gasteiger partial charge is 0.321 e. The molecule has 8 heteroatoms. The van der Waals surface area contributed by atoms with Gasteiger partial charge in [0, 0.05) is 6.04 Å². The van der Waals surface area contributed by atoms with Crippen LogP contribution in [0.3, 0.4) is 0 Å². The number of amides is 2. The third-order valence-corrected chi connectivity index (χ3v) is 7.85. The largest absolute Gasteiger partial charge is 0.335 e. The molecule has 37 heavy (non-hydrogen) atoms. The number of hydrogen-bond donors (Lipinski definition) is 2. The lowest BCUT2D eigenvalue weighted by Gasteiger charge is -2.22. The van der Waals surface area contributed by atoms with E-state index in [1.807, 2.05) is 66.7 Å². The van der Waals surface area contributed by atoms with E-state index < -0.39 is 0 Å². The van der Waals surface area contributed by atoms with Crippen LogP contribution in [0.4, 0.5) is 9.93 Å². The molecule has 2 N–H and O–H groups in total. The number of aromatic nitrogens is 3. The first kappa shape index (κ1) is 23.4. The Bertz CT molecular complexity index is 1640. The molecule has 1 aliphatic carbocycles. The number of urea groups is 1. The maximum absolute atomic E-state index is 13.2. The van der Waals surface area contributed by atoms with E-state index in [0.29, 0.717) is 22.6 Å². The second-order valence-corrected chi connectivity index (χ2v) is 10.6. The Morgan fingerprint density at radius 3 is 2.57 bits per heavy atom. The van der Waals surface area contributed by atoms with Gasteiger partial charge in [0.2, 0.25) is 0 Å². The molecule has 0 aliphatic heterocycles. The Kier molecular flexibility index (Phi) is 6.40. The Hall–Kier alpha value is -4.04. The van der Waals surface area contributed by atoms with Gasteiger partial charge >= 0.3 is 6.03 Å². The van der Waals surface area contributed by atoms with Gasteiger partial charge in [-0.2, -0.15) is 0 Å². The number of carbonyl (C=O) groups is 1. The first-order valence-corrected chi connectivity index (χ1v) is 13.5. The molecule has 0 saturated heterocycles. The van der Waals surface area contributed by atoms with Crippen molar-refractivity contribution in [1.82, 2.24) is 19.9 Å². The molecule has 0 radical (unpaired) electrons. The molecular weight excluding hydrogens is 482 g/mol. The average Bonchev–Trinajstić information content (AvgIpc) is 3.32. The molecule has 3 aromatic carbocycles. The van der Waals surface area contributed by atoms with Crippen LogP contribution < -0.4 is 16.2 Å². The van der Waals surface area contributed by atoms with Crippen molar-refractivity contribution in [1.29, 1.82) is 0 Å². The lowest BCUT2D eigenvalue weighted by atomic mass is 9.96. The number of fused-ring (bicyclic) bond motifs is 2. The van der Waals surface area contributed by atoms with Crippen LogP contribution in [0.25, 0.3) is 32.2 Å². The standard InChI is InChI=1S/C29H27N5O2S/c35-27-23-15-20(11-13-24(23)30-18-34(27)17-19-7-3-1-4-8-19)21-12-14-26-25(16-21)32-29(37-26)33-28(36)31-22-9-5-2-6-10-22/h1,3-4,7-8,11-16,18,22H,2,5-6,9-10,17H2,(H2,31,32,33,36). The minimum Gasteiger partial charge on any atom is -0.335 e. The third-order valence-electron chi connectivity index (χ3n) is 6.90. The van der Waals surface area contributed by atoms with Crippen LogP contribution in [0.15, 0.2) is 77.9 Å². The monoisotopic (exact) mass is 509 g/mol. The van der Waals surface area contributed by atoms with Gasteiger partial charge < -0.3 is 5.32 Å². The summed E-state index contributed by atoms with van der Waals surface area (Å²) in [5.41, 5.74) is 4.33. The summed E-state index contributed by atoms with van der Waals surface area (Å²) in [5, 5.41) is 7.13. The maximum Gasteiger partial charge on any atom is 0.321 e. The molecule has 1 fully saturated rings. The number of benzene rings is 3. The van der Waals surface area contributed by atoms with Crippen LogP contribution in [-0.2, 0) is 6.54 Å². The molecule has 0 unspecified atom stereocenters. The van der Waals surface area contributed by atoms with Crippen molar-refractivity contribution in [2.45, 2.75) is 44.7 Å². The summed E-state index contributed by atoms with van der Waals surface area (Å²) in [6.45, 7) is 0.474.